The molecule has 0 amide bonds. The summed E-state index contributed by atoms with van der Waals surface area (Å²) in [4.78, 5) is 0. The molecule has 2 aromatic carbocycles. The summed E-state index contributed by atoms with van der Waals surface area (Å²) in [6.07, 6.45) is 20.5. The Morgan fingerprint density at radius 3 is 1.83 bits per heavy atom. The summed E-state index contributed by atoms with van der Waals surface area (Å²) < 4.78 is 1.83. The van der Waals surface area contributed by atoms with Crippen molar-refractivity contribution in [3.05, 3.63) is 83.0 Å². The third-order valence-corrected chi connectivity index (χ3v) is 11.2. The van der Waals surface area contributed by atoms with Gasteiger partial charge in [-0.25, -0.2) is 12.2 Å². The third kappa shape index (κ3) is 7.86. The molecule has 41 heavy (non-hydrogen) atoms. The van der Waals surface area contributed by atoms with Crippen LogP contribution in [-0.4, -0.2) is 3.21 Å². The molecule has 4 saturated carbocycles. The second-order valence-corrected chi connectivity index (χ2v) is 17.0. The Balaban J connectivity index is 0.000000196. The number of hydrogen-bond acceptors (Lipinski definition) is 0. The van der Waals surface area contributed by atoms with Crippen molar-refractivity contribution in [1.29, 1.82) is 0 Å². The number of rotatable bonds is 1. The monoisotopic (exact) mass is 664 g/mol. The molecule has 8 rings (SSSR count). The summed E-state index contributed by atoms with van der Waals surface area (Å²) in [7, 11) is 0. The molecule has 0 aliphatic heterocycles. The first kappa shape index (κ1) is 34.7. The van der Waals surface area contributed by atoms with Gasteiger partial charge in [-0.3, -0.25) is 6.08 Å². The minimum Gasteiger partial charge on any atom is -1.00 e. The van der Waals surface area contributed by atoms with Gasteiger partial charge in [-0.15, -0.1) is 12.0 Å². The van der Waals surface area contributed by atoms with Crippen molar-refractivity contribution in [2.24, 2.45) is 23.2 Å². The van der Waals surface area contributed by atoms with Crippen molar-refractivity contribution in [2.45, 2.75) is 111 Å². The van der Waals surface area contributed by atoms with Crippen LogP contribution in [0.1, 0.15) is 116 Å². The van der Waals surface area contributed by atoms with E-state index in [0.29, 0.717) is 0 Å². The van der Waals surface area contributed by atoms with Gasteiger partial charge in [0.15, 0.2) is 0 Å². The van der Waals surface area contributed by atoms with E-state index < -0.39 is 0 Å². The van der Waals surface area contributed by atoms with E-state index in [4.69, 9.17) is 0 Å². The summed E-state index contributed by atoms with van der Waals surface area (Å²) >= 11 is 1.71. The van der Waals surface area contributed by atoms with E-state index in [0.717, 1.165) is 36.0 Å². The van der Waals surface area contributed by atoms with E-state index >= 15 is 0 Å². The molecule has 0 unspecified atom stereocenters. The molecule has 220 valence electrons. The quantitative estimate of drug-likeness (QED) is 0.346. The van der Waals surface area contributed by atoms with Crippen molar-refractivity contribution < 1.29 is 49.0 Å². The van der Waals surface area contributed by atoms with Crippen LogP contribution in [0.5, 0.6) is 0 Å². The summed E-state index contributed by atoms with van der Waals surface area (Å²) in [5, 5.41) is 0. The van der Waals surface area contributed by atoms with Crippen molar-refractivity contribution in [1.82, 2.24) is 0 Å². The molecule has 0 atom stereocenters. The molecular weight excluding hydrogens is 619 g/mol. The molecule has 2 aromatic rings. The van der Waals surface area contributed by atoms with Crippen LogP contribution in [0.25, 0.3) is 11.1 Å². The molecule has 4 bridgehead atoms. The zero-order valence-electron chi connectivity index (χ0n) is 26.3. The average molecular weight is 667 g/mol. The Hall–Kier alpha value is -0.747. The zero-order chi connectivity index (χ0) is 28.0. The summed E-state index contributed by atoms with van der Waals surface area (Å²) in [6, 6.07) is 15.1. The minimum absolute atomic E-state index is 0. The second kappa shape index (κ2) is 13.5. The standard InChI is InChI=1S/C21H25.C12H18.C5H5.2ClH.Zr/c1-20(2,3)16-9-7-14-11-15-8-10-17(21(4,5)6)13-19(15)18(14)12-16;1-2-12-6-9-3-10(7-12)5-11(4-9)8-12;1-2-4-5-3-1;;;/h7,9-10,12-13H,11H2,1-6H3;9-11H,3-8H2,1H3;1-3H,4H2;2*1H;/q-1;;-1;;;+2/p-2. The molecule has 0 heterocycles. The van der Waals surface area contributed by atoms with Gasteiger partial charge >= 0.3 is 96.1 Å². The van der Waals surface area contributed by atoms with Crippen molar-refractivity contribution in [2.75, 3.05) is 0 Å². The number of hydrogen-bond donors (Lipinski definition) is 0. The summed E-state index contributed by atoms with van der Waals surface area (Å²) in [5.41, 5.74) is 9.52. The van der Waals surface area contributed by atoms with Crippen LogP contribution in [0.4, 0.5) is 0 Å². The summed E-state index contributed by atoms with van der Waals surface area (Å²) in [5.74, 6) is 3.38. The number of fused-ring (bicyclic) bond motifs is 3. The van der Waals surface area contributed by atoms with Crippen LogP contribution >= 0.6 is 0 Å². The molecule has 0 aromatic heterocycles. The number of allylic oxidation sites excluding steroid dienone is 4. The molecule has 0 nitrogen and oxygen atoms in total. The van der Waals surface area contributed by atoms with Gasteiger partial charge in [0.2, 0.25) is 0 Å². The largest absolute Gasteiger partial charge is 1.00 e. The van der Waals surface area contributed by atoms with Gasteiger partial charge in [0, 0.05) is 0 Å². The van der Waals surface area contributed by atoms with Gasteiger partial charge in [0.05, 0.1) is 0 Å². The van der Waals surface area contributed by atoms with Crippen LogP contribution < -0.4 is 24.8 Å². The topological polar surface area (TPSA) is 0 Å². The van der Waals surface area contributed by atoms with E-state index in [1.165, 1.54) is 33.4 Å². The molecule has 4 fully saturated rings. The van der Waals surface area contributed by atoms with E-state index in [1.807, 2.05) is 15.4 Å². The van der Waals surface area contributed by atoms with Crippen molar-refractivity contribution in [3.8, 4) is 11.1 Å². The maximum atomic E-state index is 3.53. The normalized spacial score (nSPS) is 26.0. The molecule has 0 N–H and O–H groups in total. The molecule has 0 saturated heterocycles. The Bertz CT molecular complexity index is 1180. The fourth-order valence-electron chi connectivity index (χ4n) is 7.89. The predicted molar refractivity (Wildman–Crippen MR) is 164 cm³/mol. The van der Waals surface area contributed by atoms with Crippen LogP contribution in [0, 0.1) is 35.3 Å². The molecular formula is C38H48Cl2Zr-2. The first-order chi connectivity index (χ1) is 18.3. The van der Waals surface area contributed by atoms with Gasteiger partial charge in [-0.2, -0.15) is 35.4 Å². The molecule has 0 spiro atoms. The van der Waals surface area contributed by atoms with Gasteiger partial charge in [0.25, 0.3) is 0 Å². The van der Waals surface area contributed by atoms with Gasteiger partial charge in [0.1, 0.15) is 0 Å². The Labute approximate surface area is 278 Å². The smallest absolute Gasteiger partial charge is 0.109 e. The van der Waals surface area contributed by atoms with Crippen LogP contribution in [0.3, 0.4) is 0 Å². The van der Waals surface area contributed by atoms with E-state index in [2.05, 4.69) is 97.0 Å². The SMILES string of the molecule is CC(C)(C)c1c[c-]c2c(c1)-c1cc(C(C)(C)C)ccc1C2.C[C](=[Zr+2])C12CC3CC(CC(C3)C1)C2.[C-]1=CC=CC1.[Cl-].[Cl-]. The van der Waals surface area contributed by atoms with E-state index in [1.54, 1.807) is 62.8 Å². The predicted octanol–water partition coefficient (Wildman–Crippen LogP) is 3.91. The van der Waals surface area contributed by atoms with E-state index in [-0.39, 0.29) is 35.6 Å². The maximum Gasteiger partial charge on any atom is -0.109 e. The van der Waals surface area contributed by atoms with Gasteiger partial charge < -0.3 is 24.8 Å². The zero-order valence-corrected chi connectivity index (χ0v) is 30.2. The summed E-state index contributed by atoms with van der Waals surface area (Å²) in [6.45, 7) is 16.1. The van der Waals surface area contributed by atoms with Crippen LogP contribution in [0.2, 0.25) is 0 Å². The number of benzene rings is 2. The number of halogens is 2. The van der Waals surface area contributed by atoms with Gasteiger partial charge in [-0.1, -0.05) is 76.3 Å². The fraction of sp³-hybridized carbons (Fsp3) is 0.553. The van der Waals surface area contributed by atoms with Crippen molar-refractivity contribution >= 4 is 3.21 Å². The Kier molecular flexibility index (Phi) is 11.4. The molecule has 6 aliphatic carbocycles. The van der Waals surface area contributed by atoms with Crippen LogP contribution in [-0.2, 0) is 41.5 Å². The second-order valence-electron chi connectivity index (χ2n) is 15.2. The Morgan fingerprint density at radius 2 is 1.39 bits per heavy atom. The van der Waals surface area contributed by atoms with Crippen LogP contribution in [0.15, 0.2) is 48.6 Å². The fourth-order valence-corrected chi connectivity index (χ4v) is 8.65. The average Bonchev–Trinajstić information content (AvgIpc) is 3.53. The van der Waals surface area contributed by atoms with E-state index in [9.17, 15) is 0 Å². The minimum atomic E-state index is 0. The van der Waals surface area contributed by atoms with Crippen molar-refractivity contribution in [3.63, 3.8) is 0 Å². The third-order valence-electron chi connectivity index (χ3n) is 9.95. The molecule has 6 aliphatic rings. The Morgan fingerprint density at radius 1 is 0.829 bits per heavy atom. The molecule has 0 radical (unpaired) electrons. The first-order valence-electron chi connectivity index (χ1n) is 15.3. The molecule has 3 heteroatoms. The van der Waals surface area contributed by atoms with Gasteiger partial charge in [-0.05, 0) is 17.4 Å². The maximum absolute atomic E-state index is 3.53. The first-order valence-corrected chi connectivity index (χ1v) is 16.5.